The second-order valence-electron chi connectivity index (χ2n) is 4.88. The molecule has 5 heteroatoms. The van der Waals surface area contributed by atoms with Gasteiger partial charge >= 0.3 is 0 Å². The van der Waals surface area contributed by atoms with Crippen LogP contribution in [0.2, 0.25) is 0 Å². The van der Waals surface area contributed by atoms with Crippen LogP contribution in [0.25, 0.3) is 0 Å². The van der Waals surface area contributed by atoms with Gasteiger partial charge in [0.15, 0.2) is 11.4 Å². The number of hydrogen-bond donors (Lipinski definition) is 0. The fraction of sp³-hybridized carbons (Fsp3) is 0.188. The Labute approximate surface area is 122 Å². The summed E-state index contributed by atoms with van der Waals surface area (Å²) in [5.74, 6) is -0.227. The van der Waals surface area contributed by atoms with Crippen molar-refractivity contribution in [3.05, 3.63) is 59.9 Å². The van der Waals surface area contributed by atoms with Crippen LogP contribution in [0.3, 0.4) is 0 Å². The van der Waals surface area contributed by atoms with E-state index < -0.39 is 5.66 Å². The molecule has 1 spiro atoms. The standard InChI is InChI=1S/C16H14N2O3/c1-18-15(20)14(11-6-4-3-5-7-11)17-16(18)9-8-12(19)13(10-16)21-2/h3-10H,1-2H3. The van der Waals surface area contributed by atoms with E-state index in [9.17, 15) is 9.59 Å². The number of hydrogen-bond acceptors (Lipinski definition) is 4. The van der Waals surface area contributed by atoms with E-state index in [-0.39, 0.29) is 17.4 Å². The van der Waals surface area contributed by atoms with Crippen molar-refractivity contribution in [2.24, 2.45) is 4.99 Å². The Bertz CT molecular complexity index is 703. The van der Waals surface area contributed by atoms with Gasteiger partial charge in [-0.05, 0) is 12.2 Å². The average Bonchev–Trinajstić information content (AvgIpc) is 2.76. The van der Waals surface area contributed by atoms with Crippen molar-refractivity contribution in [2.45, 2.75) is 5.66 Å². The maximum absolute atomic E-state index is 12.5. The number of carbonyl (C=O) groups is 2. The van der Waals surface area contributed by atoms with Crippen molar-refractivity contribution < 1.29 is 14.3 Å². The molecule has 1 atom stereocenters. The molecule has 2 aliphatic rings. The second kappa shape index (κ2) is 4.70. The van der Waals surface area contributed by atoms with Crippen molar-refractivity contribution in [2.75, 3.05) is 14.2 Å². The lowest BCUT2D eigenvalue weighted by molar-refractivity contribution is -0.124. The number of methoxy groups -OCH3 is 1. The van der Waals surface area contributed by atoms with Gasteiger partial charge in [-0.2, -0.15) is 0 Å². The fourth-order valence-electron chi connectivity index (χ4n) is 2.44. The Morgan fingerprint density at radius 3 is 2.57 bits per heavy atom. The van der Waals surface area contributed by atoms with Gasteiger partial charge in [-0.25, -0.2) is 4.99 Å². The minimum Gasteiger partial charge on any atom is -0.493 e. The summed E-state index contributed by atoms with van der Waals surface area (Å²) in [6, 6.07) is 9.26. The van der Waals surface area contributed by atoms with Crippen LogP contribution in [0.4, 0.5) is 0 Å². The zero-order chi connectivity index (χ0) is 15.0. The zero-order valence-corrected chi connectivity index (χ0v) is 11.7. The summed E-state index contributed by atoms with van der Waals surface area (Å²) in [5, 5.41) is 0. The highest BCUT2D eigenvalue weighted by atomic mass is 16.5. The van der Waals surface area contributed by atoms with Crippen LogP contribution in [-0.2, 0) is 14.3 Å². The van der Waals surface area contributed by atoms with Crippen molar-refractivity contribution in [3.8, 4) is 0 Å². The van der Waals surface area contributed by atoms with E-state index in [1.165, 1.54) is 18.1 Å². The third-order valence-electron chi connectivity index (χ3n) is 3.67. The smallest absolute Gasteiger partial charge is 0.274 e. The first-order valence-corrected chi connectivity index (χ1v) is 6.51. The molecule has 5 nitrogen and oxygen atoms in total. The summed E-state index contributed by atoms with van der Waals surface area (Å²) >= 11 is 0. The van der Waals surface area contributed by atoms with Gasteiger partial charge in [0.1, 0.15) is 5.71 Å². The molecule has 106 valence electrons. The van der Waals surface area contributed by atoms with Crippen LogP contribution in [0, 0.1) is 0 Å². The number of carbonyl (C=O) groups excluding carboxylic acids is 2. The van der Waals surface area contributed by atoms with Crippen LogP contribution in [0.15, 0.2) is 59.3 Å². The lowest BCUT2D eigenvalue weighted by Gasteiger charge is -2.29. The van der Waals surface area contributed by atoms with Crippen LogP contribution in [0.5, 0.6) is 0 Å². The van der Waals surface area contributed by atoms with E-state index in [4.69, 9.17) is 4.74 Å². The molecule has 1 aromatic rings. The first-order chi connectivity index (χ1) is 10.1. The molecule has 1 aliphatic carbocycles. The molecule has 0 N–H and O–H groups in total. The predicted molar refractivity (Wildman–Crippen MR) is 77.7 cm³/mol. The number of allylic oxidation sites excluding steroid dienone is 1. The van der Waals surface area contributed by atoms with Gasteiger partial charge in [-0.1, -0.05) is 30.3 Å². The predicted octanol–water partition coefficient (Wildman–Crippen LogP) is 1.31. The lowest BCUT2D eigenvalue weighted by atomic mass is 10.0. The van der Waals surface area contributed by atoms with Gasteiger partial charge in [-0.15, -0.1) is 0 Å². The summed E-state index contributed by atoms with van der Waals surface area (Å²) in [7, 11) is 3.08. The molecule has 21 heavy (non-hydrogen) atoms. The Hall–Kier alpha value is -2.69. The van der Waals surface area contributed by atoms with Crippen molar-refractivity contribution in [3.63, 3.8) is 0 Å². The molecule has 1 aromatic carbocycles. The molecule has 1 heterocycles. The fourth-order valence-corrected chi connectivity index (χ4v) is 2.44. The Morgan fingerprint density at radius 2 is 1.90 bits per heavy atom. The molecule has 1 amide bonds. The SMILES string of the molecule is COC1=CC2(C=CC1=O)N=C(c1ccccc1)C(=O)N2C. The van der Waals surface area contributed by atoms with Crippen LogP contribution in [-0.4, -0.2) is 42.1 Å². The summed E-state index contributed by atoms with van der Waals surface area (Å²) < 4.78 is 5.07. The van der Waals surface area contributed by atoms with Gasteiger partial charge in [-0.3, -0.25) is 9.59 Å². The van der Waals surface area contributed by atoms with E-state index >= 15 is 0 Å². The molecule has 1 aliphatic heterocycles. The van der Waals surface area contributed by atoms with Gasteiger partial charge in [0.05, 0.1) is 7.11 Å². The second-order valence-corrected chi connectivity index (χ2v) is 4.88. The van der Waals surface area contributed by atoms with Crippen LogP contribution >= 0.6 is 0 Å². The van der Waals surface area contributed by atoms with E-state index in [1.807, 2.05) is 30.3 Å². The normalized spacial score (nSPS) is 24.4. The molecule has 3 rings (SSSR count). The lowest BCUT2D eigenvalue weighted by Crippen LogP contribution is -2.43. The highest BCUT2D eigenvalue weighted by Gasteiger charge is 2.44. The van der Waals surface area contributed by atoms with E-state index in [0.717, 1.165) is 5.56 Å². The first-order valence-electron chi connectivity index (χ1n) is 6.51. The summed E-state index contributed by atoms with van der Waals surface area (Å²) in [5.41, 5.74) is 0.148. The molecule has 0 aromatic heterocycles. The quantitative estimate of drug-likeness (QED) is 0.822. The van der Waals surface area contributed by atoms with Gasteiger partial charge in [0.2, 0.25) is 5.78 Å². The van der Waals surface area contributed by atoms with Crippen molar-refractivity contribution >= 4 is 17.4 Å². The number of ether oxygens (including phenoxy) is 1. The Kier molecular flexibility index (Phi) is 2.97. The number of rotatable bonds is 2. The van der Waals surface area contributed by atoms with E-state index in [2.05, 4.69) is 4.99 Å². The number of ketones is 1. The molecule has 0 saturated heterocycles. The first kappa shape index (κ1) is 13.3. The topological polar surface area (TPSA) is 59.0 Å². The summed E-state index contributed by atoms with van der Waals surface area (Å²) in [6.07, 6.45) is 4.58. The monoisotopic (exact) mass is 282 g/mol. The maximum atomic E-state index is 12.5. The van der Waals surface area contributed by atoms with Gasteiger partial charge < -0.3 is 9.64 Å². The number of amides is 1. The maximum Gasteiger partial charge on any atom is 0.274 e. The minimum absolute atomic E-state index is 0.188. The molecule has 0 fully saturated rings. The highest BCUT2D eigenvalue weighted by Crippen LogP contribution is 2.32. The van der Waals surface area contributed by atoms with Crippen LogP contribution in [0.1, 0.15) is 5.56 Å². The molecular formula is C16H14N2O3. The molecule has 1 unspecified atom stereocenters. The minimum atomic E-state index is -0.985. The van der Waals surface area contributed by atoms with Gasteiger partial charge in [0.25, 0.3) is 5.91 Å². The molecular weight excluding hydrogens is 268 g/mol. The van der Waals surface area contributed by atoms with Crippen molar-refractivity contribution in [1.29, 1.82) is 0 Å². The van der Waals surface area contributed by atoms with Crippen LogP contribution < -0.4 is 0 Å². The zero-order valence-electron chi connectivity index (χ0n) is 11.7. The van der Waals surface area contributed by atoms with Crippen molar-refractivity contribution in [1.82, 2.24) is 4.90 Å². The average molecular weight is 282 g/mol. The molecule has 0 bridgehead atoms. The largest absolute Gasteiger partial charge is 0.493 e. The number of benzene rings is 1. The van der Waals surface area contributed by atoms with E-state index in [1.54, 1.807) is 19.2 Å². The number of likely N-dealkylation sites (N-methyl/N-ethyl adjacent to an activating group) is 1. The number of aliphatic imine (C=N–C) groups is 1. The molecule has 0 radical (unpaired) electrons. The molecule has 0 saturated carbocycles. The third-order valence-corrected chi connectivity index (χ3v) is 3.67. The van der Waals surface area contributed by atoms with E-state index in [0.29, 0.717) is 5.71 Å². The summed E-state index contributed by atoms with van der Waals surface area (Å²) in [4.78, 5) is 30.2. The Balaban J connectivity index is 2.11. The Morgan fingerprint density at radius 1 is 1.19 bits per heavy atom. The van der Waals surface area contributed by atoms with Gasteiger partial charge in [0, 0.05) is 18.7 Å². The third kappa shape index (κ3) is 1.98. The number of nitrogens with zero attached hydrogens (tertiary/aromatic N) is 2. The summed E-state index contributed by atoms with van der Waals surface area (Å²) in [6.45, 7) is 0. The highest BCUT2D eigenvalue weighted by molar-refractivity contribution is 6.47.